The summed E-state index contributed by atoms with van der Waals surface area (Å²) in [5.41, 5.74) is 0.947. The number of hydrogen-bond acceptors (Lipinski definition) is 6. The Bertz CT molecular complexity index is 583. The molecule has 1 rings (SSSR count). The zero-order valence-corrected chi connectivity index (χ0v) is 16.3. The Morgan fingerprint density at radius 1 is 1.24 bits per heavy atom. The molecule has 0 atom stereocenters. The lowest BCUT2D eigenvalue weighted by molar-refractivity contribution is 0.0525. The van der Waals surface area contributed by atoms with Gasteiger partial charge in [0.1, 0.15) is 16.9 Å². The second-order valence-corrected chi connectivity index (χ2v) is 7.25. The van der Waals surface area contributed by atoms with E-state index in [1.54, 1.807) is 17.8 Å². The Balaban J connectivity index is 2.53. The maximum atomic E-state index is 11.8. The van der Waals surface area contributed by atoms with Crippen molar-refractivity contribution in [2.45, 2.75) is 38.5 Å². The van der Waals surface area contributed by atoms with Crippen LogP contribution in [0.2, 0.25) is 0 Å². The van der Waals surface area contributed by atoms with Crippen molar-refractivity contribution in [2.24, 2.45) is 0 Å². The van der Waals surface area contributed by atoms with Crippen LogP contribution in [0.1, 0.15) is 43.1 Å². The summed E-state index contributed by atoms with van der Waals surface area (Å²) < 4.78 is 15.7. The number of hydrogen-bond donors (Lipinski definition) is 1. The number of alkyl carbamates (subject to hydrolysis) is 1. The lowest BCUT2D eigenvalue weighted by Gasteiger charge is -2.19. The van der Waals surface area contributed by atoms with E-state index < -0.39 is 17.7 Å². The van der Waals surface area contributed by atoms with Gasteiger partial charge in [0, 0.05) is 12.3 Å². The highest BCUT2D eigenvalue weighted by Gasteiger charge is 2.16. The fourth-order valence-electron chi connectivity index (χ4n) is 1.98. The highest BCUT2D eigenvalue weighted by atomic mass is 32.2. The lowest BCUT2D eigenvalue weighted by Crippen LogP contribution is -2.33. The van der Waals surface area contributed by atoms with Crippen LogP contribution in [0.15, 0.2) is 18.2 Å². The van der Waals surface area contributed by atoms with E-state index in [-0.39, 0.29) is 0 Å². The van der Waals surface area contributed by atoms with Gasteiger partial charge in [-0.1, -0.05) is 6.07 Å². The zero-order chi connectivity index (χ0) is 18.9. The summed E-state index contributed by atoms with van der Waals surface area (Å²) in [7, 11) is 1.34. The second kappa shape index (κ2) is 10.2. The Morgan fingerprint density at radius 2 is 1.96 bits per heavy atom. The van der Waals surface area contributed by atoms with Crippen molar-refractivity contribution in [1.82, 2.24) is 5.32 Å². The topological polar surface area (TPSA) is 73.9 Å². The zero-order valence-electron chi connectivity index (χ0n) is 15.5. The monoisotopic (exact) mass is 369 g/mol. The fourth-order valence-corrected chi connectivity index (χ4v) is 2.49. The number of benzene rings is 1. The minimum Gasteiger partial charge on any atom is -0.493 e. The number of carbonyl (C=O) groups excluding carboxylic acids is 2. The molecule has 0 aromatic heterocycles. The smallest absolute Gasteiger partial charge is 0.407 e. The molecular weight excluding hydrogens is 342 g/mol. The summed E-state index contributed by atoms with van der Waals surface area (Å²) in [5.74, 6) is 0.895. The lowest BCUT2D eigenvalue weighted by atomic mass is 10.1. The summed E-state index contributed by atoms with van der Waals surface area (Å²) in [5, 5.41) is 2.67. The summed E-state index contributed by atoms with van der Waals surface area (Å²) >= 11 is 1.69. The first-order valence-corrected chi connectivity index (χ1v) is 9.46. The Hall–Kier alpha value is -1.89. The van der Waals surface area contributed by atoms with Gasteiger partial charge in [-0.05, 0) is 51.1 Å². The van der Waals surface area contributed by atoms with Crippen molar-refractivity contribution < 1.29 is 23.8 Å². The molecule has 0 spiro atoms. The standard InChI is InChI=1S/C18H27NO5S/c1-18(2,3)24-17(21)19-9-6-10-23-15-11-13(12-25-5)7-8-14(15)16(20)22-4/h7-8,11H,6,9-10,12H2,1-5H3,(H,19,21). The van der Waals surface area contributed by atoms with Gasteiger partial charge in [0.25, 0.3) is 0 Å². The predicted octanol–water partition coefficient (Wildman–Crippen LogP) is 3.63. The highest BCUT2D eigenvalue weighted by molar-refractivity contribution is 7.97. The first-order valence-electron chi connectivity index (χ1n) is 8.06. The van der Waals surface area contributed by atoms with E-state index in [1.807, 2.05) is 39.2 Å². The highest BCUT2D eigenvalue weighted by Crippen LogP contribution is 2.23. The van der Waals surface area contributed by atoms with Crippen molar-refractivity contribution in [3.05, 3.63) is 29.3 Å². The minimum absolute atomic E-state index is 0.364. The first-order chi connectivity index (χ1) is 11.8. The van der Waals surface area contributed by atoms with Gasteiger partial charge < -0.3 is 19.5 Å². The number of nitrogens with one attached hydrogen (secondary N) is 1. The molecule has 0 saturated carbocycles. The third-order valence-electron chi connectivity index (χ3n) is 3.01. The fraction of sp³-hybridized carbons (Fsp3) is 0.556. The second-order valence-electron chi connectivity index (χ2n) is 6.39. The third-order valence-corrected chi connectivity index (χ3v) is 3.63. The van der Waals surface area contributed by atoms with Gasteiger partial charge in [-0.25, -0.2) is 9.59 Å². The summed E-state index contributed by atoms with van der Waals surface area (Å²) in [6, 6.07) is 5.45. The number of carbonyl (C=O) groups is 2. The molecule has 1 aromatic carbocycles. The molecule has 25 heavy (non-hydrogen) atoms. The maximum Gasteiger partial charge on any atom is 0.407 e. The molecular formula is C18H27NO5S. The molecule has 0 heterocycles. The summed E-state index contributed by atoms with van der Waals surface area (Å²) in [6.07, 6.45) is 2.15. The van der Waals surface area contributed by atoms with Gasteiger partial charge in [0.15, 0.2) is 0 Å². The largest absolute Gasteiger partial charge is 0.493 e. The molecule has 0 unspecified atom stereocenters. The molecule has 1 amide bonds. The molecule has 0 aliphatic rings. The van der Waals surface area contributed by atoms with E-state index in [1.165, 1.54) is 7.11 Å². The van der Waals surface area contributed by atoms with Gasteiger partial charge in [-0.3, -0.25) is 0 Å². The van der Waals surface area contributed by atoms with Crippen LogP contribution in [0.3, 0.4) is 0 Å². The van der Waals surface area contributed by atoms with E-state index in [9.17, 15) is 9.59 Å². The normalized spacial score (nSPS) is 10.9. The molecule has 6 nitrogen and oxygen atoms in total. The van der Waals surface area contributed by atoms with Crippen LogP contribution in [0.5, 0.6) is 5.75 Å². The van der Waals surface area contributed by atoms with Crippen LogP contribution in [-0.2, 0) is 15.2 Å². The van der Waals surface area contributed by atoms with Crippen LogP contribution < -0.4 is 10.1 Å². The summed E-state index contributed by atoms with van der Waals surface area (Å²) in [6.45, 7) is 6.22. The Labute approximate surface area is 153 Å². The van der Waals surface area contributed by atoms with Crippen molar-refractivity contribution in [3.8, 4) is 5.75 Å². The van der Waals surface area contributed by atoms with Crippen LogP contribution >= 0.6 is 11.8 Å². The average Bonchev–Trinajstić information content (AvgIpc) is 2.52. The molecule has 0 saturated heterocycles. The van der Waals surface area contributed by atoms with Gasteiger partial charge in [0.2, 0.25) is 0 Å². The quantitative estimate of drug-likeness (QED) is 0.557. The molecule has 0 radical (unpaired) electrons. The van der Waals surface area contributed by atoms with Gasteiger partial charge in [-0.2, -0.15) is 11.8 Å². The third kappa shape index (κ3) is 8.16. The van der Waals surface area contributed by atoms with Crippen molar-refractivity contribution in [2.75, 3.05) is 26.5 Å². The number of rotatable bonds is 8. The maximum absolute atomic E-state index is 11.8. The van der Waals surface area contributed by atoms with E-state index in [0.29, 0.717) is 30.9 Å². The first kappa shape index (κ1) is 21.2. The molecule has 0 bridgehead atoms. The average molecular weight is 369 g/mol. The van der Waals surface area contributed by atoms with Crippen molar-refractivity contribution >= 4 is 23.8 Å². The Kier molecular flexibility index (Phi) is 8.61. The van der Waals surface area contributed by atoms with Gasteiger partial charge >= 0.3 is 12.1 Å². The predicted molar refractivity (Wildman–Crippen MR) is 99.3 cm³/mol. The Morgan fingerprint density at radius 3 is 2.56 bits per heavy atom. The van der Waals surface area contributed by atoms with Crippen LogP contribution in [0.25, 0.3) is 0 Å². The molecule has 0 aliphatic carbocycles. The number of methoxy groups -OCH3 is 1. The minimum atomic E-state index is -0.520. The van der Waals surface area contributed by atoms with E-state index in [0.717, 1.165) is 11.3 Å². The molecule has 7 heteroatoms. The molecule has 1 aromatic rings. The van der Waals surface area contributed by atoms with Crippen LogP contribution in [0, 0.1) is 0 Å². The SMILES string of the molecule is COC(=O)c1ccc(CSC)cc1OCCCNC(=O)OC(C)(C)C. The number of amides is 1. The summed E-state index contributed by atoms with van der Waals surface area (Å²) in [4.78, 5) is 23.4. The number of ether oxygens (including phenoxy) is 3. The van der Waals surface area contributed by atoms with E-state index in [2.05, 4.69) is 5.32 Å². The van der Waals surface area contributed by atoms with E-state index >= 15 is 0 Å². The number of esters is 1. The molecule has 140 valence electrons. The van der Waals surface area contributed by atoms with Crippen LogP contribution in [0.4, 0.5) is 4.79 Å². The molecule has 1 N–H and O–H groups in total. The van der Waals surface area contributed by atoms with E-state index in [4.69, 9.17) is 14.2 Å². The number of thioether (sulfide) groups is 1. The molecule has 0 aliphatic heterocycles. The van der Waals surface area contributed by atoms with Crippen molar-refractivity contribution in [1.29, 1.82) is 0 Å². The van der Waals surface area contributed by atoms with Gasteiger partial charge in [0.05, 0.1) is 13.7 Å². The molecule has 0 fully saturated rings. The van der Waals surface area contributed by atoms with Gasteiger partial charge in [-0.15, -0.1) is 0 Å². The van der Waals surface area contributed by atoms with Crippen molar-refractivity contribution in [3.63, 3.8) is 0 Å². The van der Waals surface area contributed by atoms with Crippen LogP contribution in [-0.4, -0.2) is 44.2 Å².